The zero-order chi connectivity index (χ0) is 21.3. The molecule has 1 unspecified atom stereocenters. The highest BCUT2D eigenvalue weighted by Gasteiger charge is 2.18. The maximum absolute atomic E-state index is 12.4. The number of nitrogens with one attached hydrogen (secondary N) is 3. The number of likely N-dealkylation sites (N-methyl/N-ethyl adjacent to an activating group) is 2. The predicted octanol–water partition coefficient (Wildman–Crippen LogP) is 0.464. The van der Waals surface area contributed by atoms with Crippen molar-refractivity contribution in [3.05, 3.63) is 54.1 Å². The summed E-state index contributed by atoms with van der Waals surface area (Å²) >= 11 is 0. The molecule has 3 rings (SSSR count). The Morgan fingerprint density at radius 2 is 1.73 bits per heavy atom. The molecule has 1 saturated heterocycles. The largest absolute Gasteiger partial charge is 0.494 e. The minimum absolute atomic E-state index is 0.0337. The molecule has 3 N–H and O–H groups in total. The van der Waals surface area contributed by atoms with Crippen molar-refractivity contribution >= 4 is 17.3 Å². The van der Waals surface area contributed by atoms with Crippen molar-refractivity contribution in [3.63, 3.8) is 0 Å². The number of quaternary nitrogens is 2. The number of nitrogens with zero attached hydrogens (tertiary/aromatic N) is 1. The zero-order valence-electron chi connectivity index (χ0n) is 18.5. The lowest BCUT2D eigenvalue weighted by molar-refractivity contribution is -0.898. The van der Waals surface area contributed by atoms with Crippen molar-refractivity contribution in [1.82, 2.24) is 0 Å². The number of rotatable bonds is 9. The van der Waals surface area contributed by atoms with Crippen LogP contribution in [0.4, 0.5) is 11.4 Å². The van der Waals surface area contributed by atoms with E-state index in [4.69, 9.17) is 4.74 Å². The van der Waals surface area contributed by atoms with Gasteiger partial charge in [-0.2, -0.15) is 0 Å². The Labute approximate surface area is 180 Å². The molecule has 6 nitrogen and oxygen atoms in total. The van der Waals surface area contributed by atoms with E-state index in [0.717, 1.165) is 36.0 Å². The molecule has 30 heavy (non-hydrogen) atoms. The minimum atomic E-state index is 0.0337. The van der Waals surface area contributed by atoms with Crippen LogP contribution in [-0.4, -0.2) is 58.8 Å². The van der Waals surface area contributed by atoms with E-state index < -0.39 is 0 Å². The normalized spacial score (nSPS) is 15.6. The number of piperazine rings is 1. The third-order valence-electron chi connectivity index (χ3n) is 5.69. The first-order valence-electron chi connectivity index (χ1n) is 11.1. The third-order valence-corrected chi connectivity index (χ3v) is 5.69. The van der Waals surface area contributed by atoms with E-state index >= 15 is 0 Å². The van der Waals surface area contributed by atoms with E-state index in [1.165, 1.54) is 30.9 Å². The molecule has 6 heteroatoms. The number of carbonyl (C=O) groups excluding carboxylic acids is 1. The molecule has 1 amide bonds. The summed E-state index contributed by atoms with van der Waals surface area (Å²) in [5.41, 5.74) is 3.29. The summed E-state index contributed by atoms with van der Waals surface area (Å²) in [5.74, 6) is 0.917. The number of amides is 1. The van der Waals surface area contributed by atoms with E-state index in [1.54, 1.807) is 4.90 Å². The quantitative estimate of drug-likeness (QED) is 0.561. The Balaban J connectivity index is 1.45. The summed E-state index contributed by atoms with van der Waals surface area (Å²) in [6.45, 7) is 11.9. The lowest BCUT2D eigenvalue weighted by Gasteiger charge is -2.33. The number of hydrogen-bond donors (Lipinski definition) is 3. The summed E-state index contributed by atoms with van der Waals surface area (Å²) < 4.78 is 5.48. The lowest BCUT2D eigenvalue weighted by atomic mass is 10.2. The van der Waals surface area contributed by atoms with Crippen LogP contribution in [0.5, 0.6) is 5.75 Å². The van der Waals surface area contributed by atoms with E-state index in [9.17, 15) is 4.79 Å². The molecule has 1 fully saturated rings. The van der Waals surface area contributed by atoms with Gasteiger partial charge in [0.05, 0.1) is 46.4 Å². The molecular weight excluding hydrogens is 376 g/mol. The first-order valence-corrected chi connectivity index (χ1v) is 11.1. The van der Waals surface area contributed by atoms with Gasteiger partial charge in [-0.3, -0.25) is 4.79 Å². The lowest BCUT2D eigenvalue weighted by Crippen LogP contribution is -3.14. The third kappa shape index (κ3) is 6.47. The van der Waals surface area contributed by atoms with Crippen LogP contribution in [0.25, 0.3) is 0 Å². The van der Waals surface area contributed by atoms with Gasteiger partial charge in [-0.1, -0.05) is 0 Å². The maximum Gasteiger partial charge on any atom is 0.279 e. The molecule has 1 aliphatic heterocycles. The molecule has 1 atom stereocenters. The number of carbonyl (C=O) groups is 1. The Kier molecular flexibility index (Phi) is 8.11. The molecule has 1 aliphatic rings. The Hall–Kier alpha value is -2.57. The van der Waals surface area contributed by atoms with Gasteiger partial charge >= 0.3 is 0 Å². The van der Waals surface area contributed by atoms with Gasteiger partial charge in [0.1, 0.15) is 12.3 Å². The van der Waals surface area contributed by atoms with Gasteiger partial charge in [-0.05, 0) is 62.4 Å². The van der Waals surface area contributed by atoms with Crippen LogP contribution in [0.15, 0.2) is 48.5 Å². The van der Waals surface area contributed by atoms with Crippen LogP contribution in [0.3, 0.4) is 0 Å². The van der Waals surface area contributed by atoms with Crippen molar-refractivity contribution in [1.29, 1.82) is 0 Å². The average Bonchev–Trinajstić information content (AvgIpc) is 2.76. The average molecular weight is 413 g/mol. The summed E-state index contributed by atoms with van der Waals surface area (Å²) in [5, 5.41) is 3.03. The van der Waals surface area contributed by atoms with Crippen molar-refractivity contribution in [2.24, 2.45) is 0 Å². The first-order chi connectivity index (χ1) is 14.6. The molecule has 0 saturated carbocycles. The van der Waals surface area contributed by atoms with Crippen LogP contribution in [-0.2, 0) is 11.3 Å². The van der Waals surface area contributed by atoms with Crippen molar-refractivity contribution < 1.29 is 19.3 Å². The Bertz CT molecular complexity index is 784. The second kappa shape index (κ2) is 11.0. The fraction of sp³-hybridized carbons (Fsp3) is 0.458. The highest BCUT2D eigenvalue weighted by Crippen LogP contribution is 2.18. The van der Waals surface area contributed by atoms with Gasteiger partial charge in [0, 0.05) is 16.9 Å². The van der Waals surface area contributed by atoms with Crippen LogP contribution in [0.1, 0.15) is 19.4 Å². The van der Waals surface area contributed by atoms with E-state index in [0.29, 0.717) is 13.2 Å². The zero-order valence-corrected chi connectivity index (χ0v) is 18.5. The molecule has 0 radical (unpaired) electrons. The van der Waals surface area contributed by atoms with E-state index in [-0.39, 0.29) is 5.91 Å². The van der Waals surface area contributed by atoms with Gasteiger partial charge in [0.25, 0.3) is 5.91 Å². The SMILES string of the molecule is CCOc1ccc(C[NH+](C)CC(=O)Nc2ccc(N3CC[NH+](CC)CC3)cc2)cc1. The van der Waals surface area contributed by atoms with Gasteiger partial charge in [-0.15, -0.1) is 0 Å². The summed E-state index contributed by atoms with van der Waals surface area (Å²) in [4.78, 5) is 17.7. The first kappa shape index (κ1) is 22.1. The molecule has 0 spiro atoms. The van der Waals surface area contributed by atoms with Crippen LogP contribution >= 0.6 is 0 Å². The second-order valence-electron chi connectivity index (χ2n) is 8.07. The van der Waals surface area contributed by atoms with Crippen molar-refractivity contribution in [2.45, 2.75) is 20.4 Å². The van der Waals surface area contributed by atoms with Gasteiger partial charge in [0.15, 0.2) is 6.54 Å². The number of ether oxygens (including phenoxy) is 1. The fourth-order valence-corrected chi connectivity index (χ4v) is 3.95. The molecule has 0 bridgehead atoms. The van der Waals surface area contributed by atoms with Crippen LogP contribution in [0.2, 0.25) is 0 Å². The highest BCUT2D eigenvalue weighted by atomic mass is 16.5. The van der Waals surface area contributed by atoms with E-state index in [1.807, 2.05) is 38.2 Å². The molecule has 1 heterocycles. The molecule has 2 aromatic rings. The standard InChI is InChI=1S/C24H34N4O2/c1-4-27-14-16-28(17-15-27)22-10-8-21(9-11-22)25-24(29)19-26(3)18-20-6-12-23(13-7-20)30-5-2/h6-13H,4-5,14-19H2,1-3H3,(H,25,29)/p+2. The molecule has 162 valence electrons. The predicted molar refractivity (Wildman–Crippen MR) is 122 cm³/mol. The summed E-state index contributed by atoms with van der Waals surface area (Å²) in [7, 11) is 2.04. The monoisotopic (exact) mass is 412 g/mol. The smallest absolute Gasteiger partial charge is 0.279 e. The summed E-state index contributed by atoms with van der Waals surface area (Å²) in [6.07, 6.45) is 0. The minimum Gasteiger partial charge on any atom is -0.494 e. The van der Waals surface area contributed by atoms with Gasteiger partial charge in [-0.25, -0.2) is 0 Å². The highest BCUT2D eigenvalue weighted by molar-refractivity contribution is 5.91. The van der Waals surface area contributed by atoms with Gasteiger partial charge in [0.2, 0.25) is 0 Å². The molecule has 0 aliphatic carbocycles. The summed E-state index contributed by atoms with van der Waals surface area (Å²) in [6, 6.07) is 16.3. The van der Waals surface area contributed by atoms with E-state index in [2.05, 4.69) is 41.4 Å². The van der Waals surface area contributed by atoms with Crippen LogP contribution in [0, 0.1) is 0 Å². The number of hydrogen-bond acceptors (Lipinski definition) is 3. The molecule has 2 aromatic carbocycles. The number of anilines is 2. The molecular formula is C24H36N4O2+2. The van der Waals surface area contributed by atoms with Crippen LogP contribution < -0.4 is 24.8 Å². The Morgan fingerprint density at radius 1 is 1.07 bits per heavy atom. The second-order valence-corrected chi connectivity index (χ2v) is 8.07. The fourth-order valence-electron chi connectivity index (χ4n) is 3.95. The van der Waals surface area contributed by atoms with Crippen molar-refractivity contribution in [2.75, 3.05) is 63.1 Å². The van der Waals surface area contributed by atoms with Gasteiger partial charge < -0.3 is 24.8 Å². The van der Waals surface area contributed by atoms with Crippen molar-refractivity contribution in [3.8, 4) is 5.75 Å². The maximum atomic E-state index is 12.4. The molecule has 0 aromatic heterocycles. The topological polar surface area (TPSA) is 50.5 Å². The number of benzene rings is 2. The Morgan fingerprint density at radius 3 is 2.33 bits per heavy atom.